The average molecular weight is 402 g/mol. The van der Waals surface area contributed by atoms with E-state index in [2.05, 4.69) is 19.8 Å². The van der Waals surface area contributed by atoms with Crippen molar-refractivity contribution in [3.8, 4) is 0 Å². The minimum absolute atomic E-state index is 0.0833. The summed E-state index contributed by atoms with van der Waals surface area (Å²) < 4.78 is 24.3. The summed E-state index contributed by atoms with van der Waals surface area (Å²) in [6.45, 7) is 4.41. The van der Waals surface area contributed by atoms with Crippen molar-refractivity contribution in [1.29, 1.82) is 0 Å². The molecule has 2 aromatic rings. The minimum atomic E-state index is -0.157. The van der Waals surface area contributed by atoms with Gasteiger partial charge < -0.3 is 9.64 Å². The van der Waals surface area contributed by atoms with Gasteiger partial charge in [-0.15, -0.1) is 0 Å². The lowest BCUT2D eigenvalue weighted by Crippen LogP contribution is -2.43. The van der Waals surface area contributed by atoms with Crippen molar-refractivity contribution in [2.75, 3.05) is 32.8 Å². The SMILES string of the molecule is O=C(c1cnon1)N(CC1CCN(Cc2ccccc2F)CC1)C[C@@H]1CCCO1. The number of aromatic nitrogens is 2. The second-order valence-electron chi connectivity index (χ2n) is 7.95. The highest BCUT2D eigenvalue weighted by atomic mass is 19.1. The Balaban J connectivity index is 1.33. The van der Waals surface area contributed by atoms with Gasteiger partial charge in [-0.25, -0.2) is 9.02 Å². The van der Waals surface area contributed by atoms with E-state index in [-0.39, 0.29) is 23.5 Å². The molecular weight excluding hydrogens is 375 g/mol. The Kier molecular flexibility index (Phi) is 6.51. The average Bonchev–Trinajstić information content (AvgIpc) is 3.44. The number of hydrogen-bond acceptors (Lipinski definition) is 6. The molecule has 156 valence electrons. The Hall–Kier alpha value is -2.32. The Labute approximate surface area is 169 Å². The van der Waals surface area contributed by atoms with Gasteiger partial charge in [-0.05, 0) is 55.9 Å². The molecule has 29 heavy (non-hydrogen) atoms. The van der Waals surface area contributed by atoms with E-state index in [0.29, 0.717) is 25.6 Å². The first-order chi connectivity index (χ1) is 14.2. The second kappa shape index (κ2) is 9.45. The Bertz CT molecular complexity index is 787. The molecule has 1 amide bonds. The molecule has 2 aliphatic rings. The lowest BCUT2D eigenvalue weighted by atomic mass is 9.95. The van der Waals surface area contributed by atoms with Crippen LogP contribution in [0.1, 0.15) is 41.7 Å². The van der Waals surface area contributed by atoms with E-state index >= 15 is 0 Å². The topological polar surface area (TPSA) is 71.7 Å². The number of nitrogens with zero attached hydrogens (tertiary/aromatic N) is 4. The van der Waals surface area contributed by atoms with Gasteiger partial charge in [0.1, 0.15) is 12.0 Å². The summed E-state index contributed by atoms with van der Waals surface area (Å²) in [5, 5.41) is 7.27. The zero-order chi connectivity index (χ0) is 20.1. The summed E-state index contributed by atoms with van der Waals surface area (Å²) >= 11 is 0. The molecule has 3 heterocycles. The van der Waals surface area contributed by atoms with Gasteiger partial charge in [0.25, 0.3) is 5.91 Å². The number of amides is 1. The molecule has 0 bridgehead atoms. The van der Waals surface area contributed by atoms with Crippen LogP contribution in [0, 0.1) is 11.7 Å². The van der Waals surface area contributed by atoms with Gasteiger partial charge in [0.15, 0.2) is 5.69 Å². The van der Waals surface area contributed by atoms with Crippen LogP contribution in [-0.4, -0.2) is 64.9 Å². The first kappa shape index (κ1) is 20.0. The van der Waals surface area contributed by atoms with Gasteiger partial charge in [0.05, 0.1) is 6.10 Å². The molecule has 0 saturated carbocycles. The van der Waals surface area contributed by atoms with Crippen LogP contribution in [0.5, 0.6) is 0 Å². The lowest BCUT2D eigenvalue weighted by molar-refractivity contribution is 0.0437. The number of carbonyl (C=O) groups is 1. The summed E-state index contributed by atoms with van der Waals surface area (Å²) in [5.74, 6) is 0.0943. The van der Waals surface area contributed by atoms with Crippen LogP contribution >= 0.6 is 0 Å². The molecule has 7 nitrogen and oxygen atoms in total. The fourth-order valence-electron chi connectivity index (χ4n) is 4.20. The maximum atomic E-state index is 13.9. The summed E-state index contributed by atoms with van der Waals surface area (Å²) in [6, 6.07) is 6.94. The normalized spacial score (nSPS) is 20.8. The van der Waals surface area contributed by atoms with Crippen molar-refractivity contribution in [2.24, 2.45) is 5.92 Å². The highest BCUT2D eigenvalue weighted by Crippen LogP contribution is 2.23. The third kappa shape index (κ3) is 5.19. The van der Waals surface area contributed by atoms with Crippen molar-refractivity contribution >= 4 is 5.91 Å². The minimum Gasteiger partial charge on any atom is -0.376 e. The molecule has 2 fully saturated rings. The quantitative estimate of drug-likeness (QED) is 0.709. The smallest absolute Gasteiger partial charge is 0.277 e. The summed E-state index contributed by atoms with van der Waals surface area (Å²) in [4.78, 5) is 17.0. The van der Waals surface area contributed by atoms with E-state index < -0.39 is 0 Å². The van der Waals surface area contributed by atoms with Crippen LogP contribution in [0.2, 0.25) is 0 Å². The maximum absolute atomic E-state index is 13.9. The van der Waals surface area contributed by atoms with Gasteiger partial charge in [0.2, 0.25) is 0 Å². The van der Waals surface area contributed by atoms with Crippen LogP contribution in [0.15, 0.2) is 35.1 Å². The van der Waals surface area contributed by atoms with Gasteiger partial charge >= 0.3 is 0 Å². The molecule has 1 aromatic carbocycles. The molecular formula is C21H27FN4O3. The molecule has 0 radical (unpaired) electrons. The van der Waals surface area contributed by atoms with Crippen LogP contribution in [0.4, 0.5) is 4.39 Å². The molecule has 2 aliphatic heterocycles. The summed E-state index contributed by atoms with van der Waals surface area (Å²) in [5.41, 5.74) is 0.972. The molecule has 0 aliphatic carbocycles. The molecule has 4 rings (SSSR count). The Morgan fingerprint density at radius 2 is 2.03 bits per heavy atom. The van der Waals surface area contributed by atoms with Crippen molar-refractivity contribution in [1.82, 2.24) is 20.1 Å². The van der Waals surface area contributed by atoms with E-state index in [4.69, 9.17) is 4.74 Å². The van der Waals surface area contributed by atoms with Gasteiger partial charge in [-0.3, -0.25) is 9.69 Å². The number of carbonyl (C=O) groups excluding carboxylic acids is 1. The van der Waals surface area contributed by atoms with Crippen LogP contribution < -0.4 is 0 Å². The predicted molar refractivity (Wildman–Crippen MR) is 104 cm³/mol. The number of rotatable bonds is 7. The first-order valence-corrected chi connectivity index (χ1v) is 10.3. The summed E-state index contributed by atoms with van der Waals surface area (Å²) in [6.07, 6.45) is 5.40. The van der Waals surface area contributed by atoms with Gasteiger partial charge in [0, 0.05) is 31.8 Å². The van der Waals surface area contributed by atoms with E-state index in [1.807, 2.05) is 17.0 Å². The van der Waals surface area contributed by atoms with Crippen LogP contribution in [-0.2, 0) is 11.3 Å². The number of piperidine rings is 1. The molecule has 2 saturated heterocycles. The van der Waals surface area contributed by atoms with Crippen molar-refractivity contribution < 1.29 is 18.6 Å². The molecule has 0 N–H and O–H groups in total. The Morgan fingerprint density at radius 1 is 1.21 bits per heavy atom. The third-order valence-corrected chi connectivity index (χ3v) is 5.85. The predicted octanol–water partition coefficient (Wildman–Crippen LogP) is 2.74. The highest BCUT2D eigenvalue weighted by Gasteiger charge is 2.29. The zero-order valence-corrected chi connectivity index (χ0v) is 16.5. The number of benzene rings is 1. The number of ether oxygens (including phenoxy) is 1. The second-order valence-corrected chi connectivity index (χ2v) is 7.95. The molecule has 8 heteroatoms. The van der Waals surface area contributed by atoms with Gasteiger partial charge in [-0.1, -0.05) is 23.4 Å². The zero-order valence-electron chi connectivity index (χ0n) is 16.5. The van der Waals surface area contributed by atoms with Crippen molar-refractivity contribution in [3.05, 3.63) is 47.5 Å². The monoisotopic (exact) mass is 402 g/mol. The van der Waals surface area contributed by atoms with E-state index in [0.717, 1.165) is 50.9 Å². The number of hydrogen-bond donors (Lipinski definition) is 0. The molecule has 0 spiro atoms. The Morgan fingerprint density at radius 3 is 2.72 bits per heavy atom. The molecule has 1 aromatic heterocycles. The fourth-order valence-corrected chi connectivity index (χ4v) is 4.20. The van der Waals surface area contributed by atoms with E-state index in [1.165, 1.54) is 12.3 Å². The fraction of sp³-hybridized carbons (Fsp3) is 0.571. The molecule has 1 atom stereocenters. The van der Waals surface area contributed by atoms with Crippen molar-refractivity contribution in [2.45, 2.75) is 38.3 Å². The van der Waals surface area contributed by atoms with E-state index in [9.17, 15) is 9.18 Å². The molecule has 0 unspecified atom stereocenters. The maximum Gasteiger partial charge on any atom is 0.277 e. The highest BCUT2D eigenvalue weighted by molar-refractivity contribution is 5.91. The number of halogens is 1. The van der Waals surface area contributed by atoms with Gasteiger partial charge in [-0.2, -0.15) is 0 Å². The van der Waals surface area contributed by atoms with Crippen LogP contribution in [0.25, 0.3) is 0 Å². The third-order valence-electron chi connectivity index (χ3n) is 5.85. The van der Waals surface area contributed by atoms with Crippen molar-refractivity contribution in [3.63, 3.8) is 0 Å². The standard InChI is InChI=1S/C21H27FN4O3/c22-19-6-2-1-4-17(19)14-25-9-7-16(8-10-25)13-26(15-18-5-3-11-28-18)21(27)20-12-23-29-24-20/h1-2,4,6,12,16,18H,3,5,7-11,13-15H2/t18-/m0/s1. The number of likely N-dealkylation sites (tertiary alicyclic amines) is 1. The lowest BCUT2D eigenvalue weighted by Gasteiger charge is -2.35. The van der Waals surface area contributed by atoms with E-state index in [1.54, 1.807) is 6.07 Å². The largest absolute Gasteiger partial charge is 0.376 e. The summed E-state index contributed by atoms with van der Waals surface area (Å²) in [7, 11) is 0. The van der Waals surface area contributed by atoms with Crippen LogP contribution in [0.3, 0.4) is 0 Å². The first-order valence-electron chi connectivity index (χ1n) is 10.3.